The van der Waals surface area contributed by atoms with Gasteiger partial charge in [-0.2, -0.15) is 13.2 Å². The summed E-state index contributed by atoms with van der Waals surface area (Å²) in [6.45, 7) is 2.18. The van der Waals surface area contributed by atoms with Crippen LogP contribution in [0, 0.1) is 0 Å². The van der Waals surface area contributed by atoms with E-state index in [0.717, 1.165) is 0 Å². The van der Waals surface area contributed by atoms with Gasteiger partial charge in [0.2, 0.25) is 0 Å². The Hall–Kier alpha value is -3.08. The van der Waals surface area contributed by atoms with Crippen molar-refractivity contribution in [3.8, 4) is 11.5 Å². The fourth-order valence-corrected chi connectivity index (χ4v) is 3.46. The molecule has 0 aliphatic heterocycles. The number of thioether (sulfide) groups is 1. The number of pyridine rings is 1. The molecule has 2 aromatic heterocycles. The Morgan fingerprint density at radius 1 is 1.26 bits per heavy atom. The number of aromatic nitrogens is 3. The maximum absolute atomic E-state index is 12.7. The Kier molecular flexibility index (Phi) is 6.54. The van der Waals surface area contributed by atoms with Crippen molar-refractivity contribution in [2.45, 2.75) is 17.3 Å². The van der Waals surface area contributed by atoms with Crippen molar-refractivity contribution in [1.82, 2.24) is 19.4 Å². The standard InChI is InChI=1S/C20H20F3N5O2S/c1-5-30-24-11-12-6-8-14(19(29)27(2)3)17(25-12)18-26-15-10-13(31-20(21,22)23)7-9-16(15)28(18)4/h6-11H,5H2,1-4H3. The molecule has 0 aliphatic rings. The molecule has 164 valence electrons. The summed E-state index contributed by atoms with van der Waals surface area (Å²) in [6, 6.07) is 7.56. The van der Waals surface area contributed by atoms with Gasteiger partial charge in [0.1, 0.15) is 12.3 Å². The molecule has 1 amide bonds. The lowest BCUT2D eigenvalue weighted by Gasteiger charge is -2.14. The highest BCUT2D eigenvalue weighted by molar-refractivity contribution is 8.00. The second-order valence-electron chi connectivity index (χ2n) is 6.68. The van der Waals surface area contributed by atoms with E-state index in [-0.39, 0.29) is 22.6 Å². The zero-order chi connectivity index (χ0) is 22.8. The number of halogens is 3. The molecule has 0 radical (unpaired) electrons. The predicted octanol–water partition coefficient (Wildman–Crippen LogP) is 4.32. The maximum atomic E-state index is 12.7. The van der Waals surface area contributed by atoms with Crippen molar-refractivity contribution in [3.63, 3.8) is 0 Å². The topological polar surface area (TPSA) is 72.6 Å². The second-order valence-corrected chi connectivity index (χ2v) is 7.82. The number of oxime groups is 1. The van der Waals surface area contributed by atoms with E-state index in [1.807, 2.05) is 0 Å². The number of hydrogen-bond acceptors (Lipinski definition) is 6. The van der Waals surface area contributed by atoms with Crippen LogP contribution in [0.5, 0.6) is 0 Å². The molecule has 0 saturated heterocycles. The first-order chi connectivity index (χ1) is 14.6. The minimum atomic E-state index is -4.40. The normalized spacial score (nSPS) is 12.0. The molecule has 11 heteroatoms. The van der Waals surface area contributed by atoms with Crippen LogP contribution in [0.15, 0.2) is 40.4 Å². The first-order valence-electron chi connectivity index (χ1n) is 9.21. The number of fused-ring (bicyclic) bond motifs is 1. The van der Waals surface area contributed by atoms with Gasteiger partial charge in [0.15, 0.2) is 5.82 Å². The molecular formula is C20H20F3N5O2S. The molecule has 0 N–H and O–H groups in total. The number of rotatable bonds is 6. The fraction of sp³-hybridized carbons (Fsp3) is 0.300. The van der Waals surface area contributed by atoms with Gasteiger partial charge in [0, 0.05) is 26.0 Å². The molecule has 0 unspecified atom stereocenters. The lowest BCUT2D eigenvalue weighted by Crippen LogP contribution is -2.23. The van der Waals surface area contributed by atoms with Crippen molar-refractivity contribution in [1.29, 1.82) is 0 Å². The van der Waals surface area contributed by atoms with Crippen LogP contribution in [0.1, 0.15) is 23.0 Å². The van der Waals surface area contributed by atoms with Gasteiger partial charge in [-0.15, -0.1) is 0 Å². The van der Waals surface area contributed by atoms with Gasteiger partial charge in [-0.1, -0.05) is 5.16 Å². The summed E-state index contributed by atoms with van der Waals surface area (Å²) >= 11 is -0.205. The molecule has 31 heavy (non-hydrogen) atoms. The number of alkyl halides is 3. The summed E-state index contributed by atoms with van der Waals surface area (Å²) in [5, 5.41) is 3.80. The second kappa shape index (κ2) is 8.96. The molecule has 1 aromatic carbocycles. The van der Waals surface area contributed by atoms with Crippen LogP contribution in [0.3, 0.4) is 0 Å². The maximum Gasteiger partial charge on any atom is 0.446 e. The van der Waals surface area contributed by atoms with Gasteiger partial charge in [0.25, 0.3) is 5.91 Å². The zero-order valence-corrected chi connectivity index (χ0v) is 18.1. The minimum absolute atomic E-state index is 0.0276. The van der Waals surface area contributed by atoms with Crippen molar-refractivity contribution in [3.05, 3.63) is 41.6 Å². The highest BCUT2D eigenvalue weighted by Crippen LogP contribution is 2.38. The third kappa shape index (κ3) is 5.16. The molecule has 3 rings (SSSR count). The molecule has 7 nitrogen and oxygen atoms in total. The van der Waals surface area contributed by atoms with Crippen LogP contribution in [-0.4, -0.2) is 57.8 Å². The van der Waals surface area contributed by atoms with Gasteiger partial charge in [0.05, 0.1) is 28.5 Å². The van der Waals surface area contributed by atoms with E-state index in [2.05, 4.69) is 15.1 Å². The van der Waals surface area contributed by atoms with Crippen LogP contribution < -0.4 is 0 Å². The average Bonchev–Trinajstić information content (AvgIpc) is 3.02. The van der Waals surface area contributed by atoms with Crippen LogP contribution in [0.25, 0.3) is 22.6 Å². The summed E-state index contributed by atoms with van der Waals surface area (Å²) in [5.41, 5.74) is -2.37. The summed E-state index contributed by atoms with van der Waals surface area (Å²) in [7, 11) is 4.95. The molecule has 3 aromatic rings. The zero-order valence-electron chi connectivity index (χ0n) is 17.3. The first-order valence-corrected chi connectivity index (χ1v) is 10.0. The van der Waals surface area contributed by atoms with E-state index in [0.29, 0.717) is 40.4 Å². The van der Waals surface area contributed by atoms with Gasteiger partial charge < -0.3 is 14.3 Å². The third-order valence-corrected chi connectivity index (χ3v) is 4.96. The molecule has 0 bridgehead atoms. The van der Waals surface area contributed by atoms with E-state index in [1.165, 1.54) is 23.2 Å². The number of hydrogen-bond donors (Lipinski definition) is 0. The Morgan fingerprint density at radius 3 is 2.65 bits per heavy atom. The van der Waals surface area contributed by atoms with Crippen molar-refractivity contribution in [2.75, 3.05) is 20.7 Å². The molecule has 2 heterocycles. The molecule has 0 spiro atoms. The minimum Gasteiger partial charge on any atom is -0.396 e. The molecule has 0 atom stereocenters. The van der Waals surface area contributed by atoms with E-state index in [4.69, 9.17) is 4.84 Å². The summed E-state index contributed by atoms with van der Waals surface area (Å²) in [4.78, 5) is 28.1. The van der Waals surface area contributed by atoms with Crippen molar-refractivity contribution in [2.24, 2.45) is 12.2 Å². The number of carbonyl (C=O) groups is 1. The average molecular weight is 451 g/mol. The third-order valence-electron chi connectivity index (χ3n) is 4.24. The van der Waals surface area contributed by atoms with Gasteiger partial charge >= 0.3 is 5.51 Å². The largest absolute Gasteiger partial charge is 0.446 e. The highest BCUT2D eigenvalue weighted by Gasteiger charge is 2.29. The molecule has 0 fully saturated rings. The Morgan fingerprint density at radius 2 is 2.00 bits per heavy atom. The number of carbonyl (C=O) groups excluding carboxylic acids is 1. The summed E-state index contributed by atoms with van der Waals surface area (Å²) in [6.07, 6.45) is 1.41. The fourth-order valence-electron chi connectivity index (χ4n) is 2.88. The van der Waals surface area contributed by atoms with E-state index >= 15 is 0 Å². The Balaban J connectivity index is 2.15. The number of aryl methyl sites for hydroxylation is 1. The van der Waals surface area contributed by atoms with E-state index in [9.17, 15) is 18.0 Å². The number of amides is 1. The monoisotopic (exact) mass is 451 g/mol. The van der Waals surface area contributed by atoms with Crippen LogP contribution in [0.4, 0.5) is 13.2 Å². The SMILES string of the molecule is CCON=Cc1ccc(C(=O)N(C)C)c(-c2nc3cc(SC(F)(F)F)ccc3n2C)n1. The molecule has 0 saturated carbocycles. The van der Waals surface area contributed by atoms with E-state index in [1.54, 1.807) is 50.8 Å². The smallest absolute Gasteiger partial charge is 0.396 e. The van der Waals surface area contributed by atoms with Gasteiger partial charge in [-0.3, -0.25) is 4.79 Å². The lowest BCUT2D eigenvalue weighted by atomic mass is 10.1. The van der Waals surface area contributed by atoms with Crippen molar-refractivity contribution >= 4 is 34.9 Å². The summed E-state index contributed by atoms with van der Waals surface area (Å²) < 4.78 is 39.9. The molecular weight excluding hydrogens is 431 g/mol. The van der Waals surface area contributed by atoms with E-state index < -0.39 is 5.51 Å². The lowest BCUT2D eigenvalue weighted by molar-refractivity contribution is -0.0328. The summed E-state index contributed by atoms with van der Waals surface area (Å²) in [5.74, 6) is 0.0668. The molecule has 0 aliphatic carbocycles. The number of nitrogens with zero attached hydrogens (tertiary/aromatic N) is 5. The van der Waals surface area contributed by atoms with Gasteiger partial charge in [-0.05, 0) is 49.0 Å². The quantitative estimate of drug-likeness (QED) is 0.317. The van der Waals surface area contributed by atoms with Crippen LogP contribution in [-0.2, 0) is 11.9 Å². The number of benzene rings is 1. The Labute approximate surface area is 180 Å². The van der Waals surface area contributed by atoms with Gasteiger partial charge in [-0.25, -0.2) is 9.97 Å². The predicted molar refractivity (Wildman–Crippen MR) is 113 cm³/mol. The van der Waals surface area contributed by atoms with Crippen LogP contribution >= 0.6 is 11.8 Å². The first kappa shape index (κ1) is 22.6. The Bertz CT molecular complexity index is 1140. The highest BCUT2D eigenvalue weighted by atomic mass is 32.2. The number of imidazole rings is 1. The van der Waals surface area contributed by atoms with Crippen LogP contribution in [0.2, 0.25) is 0 Å². The van der Waals surface area contributed by atoms with Crippen molar-refractivity contribution < 1.29 is 22.8 Å².